The number of carbonyl (C=O) groups is 1. The van der Waals surface area contributed by atoms with E-state index in [1.807, 2.05) is 52.8 Å². The maximum absolute atomic E-state index is 12.9. The number of methoxy groups -OCH3 is 1. The molecule has 1 aromatic carbocycles. The number of aryl methyl sites for hydroxylation is 1. The molecule has 0 aliphatic heterocycles. The molecule has 3 unspecified atom stereocenters. The maximum atomic E-state index is 12.9. The molecular weight excluding hydrogens is 418 g/mol. The summed E-state index contributed by atoms with van der Waals surface area (Å²) in [7, 11) is 0.0909. The van der Waals surface area contributed by atoms with E-state index in [4.69, 9.17) is 16.3 Å². The Bertz CT molecular complexity index is 742. The van der Waals surface area contributed by atoms with Crippen LogP contribution in [0.15, 0.2) is 18.2 Å². The van der Waals surface area contributed by atoms with Gasteiger partial charge in [-0.2, -0.15) is 0 Å². The van der Waals surface area contributed by atoms with Crippen molar-refractivity contribution in [1.29, 1.82) is 0 Å². The van der Waals surface area contributed by atoms with Gasteiger partial charge in [0.15, 0.2) is 0 Å². The van der Waals surface area contributed by atoms with Gasteiger partial charge in [-0.15, -0.1) is 0 Å². The van der Waals surface area contributed by atoms with Crippen molar-refractivity contribution in [3.63, 3.8) is 0 Å². The zero-order valence-electron chi connectivity index (χ0n) is 20.1. The first-order valence-electron chi connectivity index (χ1n) is 10.7. The van der Waals surface area contributed by atoms with E-state index < -0.39 is 22.4 Å². The maximum Gasteiger partial charge on any atom is 0.311 e. The summed E-state index contributed by atoms with van der Waals surface area (Å²) in [5.74, 6) is -0.101. The van der Waals surface area contributed by atoms with Gasteiger partial charge in [-0.1, -0.05) is 72.2 Å². The molecule has 4 nitrogen and oxygen atoms in total. The highest BCUT2D eigenvalue weighted by atomic mass is 35.5. The molecule has 3 atom stereocenters. The molecule has 0 bridgehead atoms. The van der Waals surface area contributed by atoms with Crippen LogP contribution in [0.1, 0.15) is 72.9 Å². The molecular formula is C24H40ClNO3S. The first kappa shape index (κ1) is 27.1. The molecule has 0 fully saturated rings. The van der Waals surface area contributed by atoms with Gasteiger partial charge in [0.2, 0.25) is 0 Å². The van der Waals surface area contributed by atoms with Crippen molar-refractivity contribution in [2.45, 2.75) is 73.8 Å². The summed E-state index contributed by atoms with van der Waals surface area (Å²) in [5.41, 5.74) is 1.26. The molecule has 0 heterocycles. The SMILES string of the molecule is COC(=O)C(C(C)C)C(C)(NS(=O)CC(C)C)c1ccc(CCC(C)(C)C)c(Cl)c1. The standard InChI is InChI=1S/C24H40ClNO3S/c1-16(2)15-30(28)26-24(8,21(17(3)4)22(27)29-9)19-11-10-18(20(25)14-19)12-13-23(5,6)7/h10-11,14,16-17,21,26H,12-13,15H2,1-9H3. The number of hydrogen-bond acceptors (Lipinski definition) is 3. The number of ether oxygens (including phenoxy) is 1. The Morgan fingerprint density at radius 2 is 1.77 bits per heavy atom. The lowest BCUT2D eigenvalue weighted by molar-refractivity contribution is -0.150. The number of halogens is 1. The van der Waals surface area contributed by atoms with Crippen LogP contribution in [0.25, 0.3) is 0 Å². The second-order valence-corrected chi connectivity index (χ2v) is 12.0. The van der Waals surface area contributed by atoms with Gasteiger partial charge in [-0.05, 0) is 54.2 Å². The van der Waals surface area contributed by atoms with E-state index in [-0.39, 0.29) is 23.2 Å². The van der Waals surface area contributed by atoms with Crippen molar-refractivity contribution in [3.05, 3.63) is 34.3 Å². The lowest BCUT2D eigenvalue weighted by Gasteiger charge is -2.39. The van der Waals surface area contributed by atoms with Crippen molar-refractivity contribution in [3.8, 4) is 0 Å². The second-order valence-electron chi connectivity index (χ2n) is 10.3. The Morgan fingerprint density at radius 3 is 2.20 bits per heavy atom. The molecule has 0 saturated heterocycles. The lowest BCUT2D eigenvalue weighted by Crippen LogP contribution is -2.52. The van der Waals surface area contributed by atoms with Crippen LogP contribution in [-0.2, 0) is 32.5 Å². The number of nitrogens with one attached hydrogen (secondary N) is 1. The molecule has 0 aliphatic rings. The predicted octanol–water partition coefficient (Wildman–Crippen LogP) is 5.89. The number of rotatable bonds is 10. The molecule has 1 N–H and O–H groups in total. The van der Waals surface area contributed by atoms with Crippen LogP contribution in [0, 0.1) is 23.2 Å². The van der Waals surface area contributed by atoms with Gasteiger partial charge in [0.25, 0.3) is 0 Å². The lowest BCUT2D eigenvalue weighted by atomic mass is 9.74. The van der Waals surface area contributed by atoms with Crippen LogP contribution < -0.4 is 4.72 Å². The summed E-state index contributed by atoms with van der Waals surface area (Å²) in [6.45, 7) is 16.6. The highest BCUT2D eigenvalue weighted by Crippen LogP contribution is 2.38. The molecule has 6 heteroatoms. The molecule has 1 rings (SSSR count). The normalized spacial score (nSPS) is 16.4. The van der Waals surface area contributed by atoms with Gasteiger partial charge < -0.3 is 4.74 Å². The molecule has 0 spiro atoms. The van der Waals surface area contributed by atoms with E-state index in [0.717, 1.165) is 24.0 Å². The molecule has 1 aromatic rings. The van der Waals surface area contributed by atoms with E-state index in [1.165, 1.54) is 7.11 Å². The van der Waals surface area contributed by atoms with Gasteiger partial charge in [0.05, 0.1) is 29.6 Å². The molecule has 0 radical (unpaired) electrons. The van der Waals surface area contributed by atoms with Crippen molar-refractivity contribution >= 4 is 28.6 Å². The largest absolute Gasteiger partial charge is 0.469 e. The first-order chi connectivity index (χ1) is 13.7. The van der Waals surface area contributed by atoms with Crippen molar-refractivity contribution < 1.29 is 13.7 Å². The monoisotopic (exact) mass is 457 g/mol. The van der Waals surface area contributed by atoms with Crippen LogP contribution in [0.2, 0.25) is 5.02 Å². The van der Waals surface area contributed by atoms with Crippen LogP contribution in [0.4, 0.5) is 0 Å². The Balaban J connectivity index is 3.41. The minimum atomic E-state index is -1.30. The van der Waals surface area contributed by atoms with E-state index in [0.29, 0.717) is 10.8 Å². The number of benzene rings is 1. The third-order valence-corrected chi connectivity index (χ3v) is 7.32. The Hall–Kier alpha value is -0.910. The third kappa shape index (κ3) is 7.65. The van der Waals surface area contributed by atoms with Crippen molar-refractivity contribution in [2.24, 2.45) is 23.2 Å². The smallest absolute Gasteiger partial charge is 0.311 e. The second kappa shape index (κ2) is 11.1. The summed E-state index contributed by atoms with van der Waals surface area (Å²) < 4.78 is 21.2. The number of hydrogen-bond donors (Lipinski definition) is 1. The van der Waals surface area contributed by atoms with E-state index in [2.05, 4.69) is 25.5 Å². The van der Waals surface area contributed by atoms with E-state index in [9.17, 15) is 9.00 Å². The summed E-state index contributed by atoms with van der Waals surface area (Å²) in [5, 5.41) is 0.673. The summed E-state index contributed by atoms with van der Waals surface area (Å²) in [4.78, 5) is 12.7. The zero-order valence-corrected chi connectivity index (χ0v) is 21.7. The molecule has 0 amide bonds. The van der Waals surface area contributed by atoms with Gasteiger partial charge in [-0.25, -0.2) is 8.93 Å². The molecule has 30 heavy (non-hydrogen) atoms. The molecule has 0 aliphatic carbocycles. The first-order valence-corrected chi connectivity index (χ1v) is 12.4. The topological polar surface area (TPSA) is 55.4 Å². The van der Waals surface area contributed by atoms with Crippen LogP contribution >= 0.6 is 11.6 Å². The highest BCUT2D eigenvalue weighted by Gasteiger charge is 2.44. The Kier molecular flexibility index (Phi) is 10.0. The highest BCUT2D eigenvalue weighted by molar-refractivity contribution is 7.83. The zero-order chi connectivity index (χ0) is 23.3. The van der Waals surface area contributed by atoms with Crippen LogP contribution in [0.5, 0.6) is 0 Å². The van der Waals surface area contributed by atoms with Gasteiger partial charge in [0, 0.05) is 10.8 Å². The molecule has 0 aromatic heterocycles. The van der Waals surface area contributed by atoms with Crippen molar-refractivity contribution in [2.75, 3.05) is 12.9 Å². The van der Waals surface area contributed by atoms with Gasteiger partial charge in [0.1, 0.15) is 0 Å². The minimum absolute atomic E-state index is 0.0228. The fourth-order valence-electron chi connectivity index (χ4n) is 3.77. The predicted molar refractivity (Wildman–Crippen MR) is 128 cm³/mol. The Morgan fingerprint density at radius 1 is 1.17 bits per heavy atom. The third-order valence-electron chi connectivity index (χ3n) is 5.35. The molecule has 172 valence electrons. The van der Waals surface area contributed by atoms with Gasteiger partial charge in [-0.3, -0.25) is 4.79 Å². The fourth-order valence-corrected chi connectivity index (χ4v) is 5.45. The summed E-state index contributed by atoms with van der Waals surface area (Å²) >= 11 is 6.66. The van der Waals surface area contributed by atoms with Crippen LogP contribution in [-0.4, -0.2) is 23.0 Å². The molecule has 0 saturated carbocycles. The number of carbonyl (C=O) groups excluding carboxylic acids is 1. The number of esters is 1. The quantitative estimate of drug-likeness (QED) is 0.445. The van der Waals surface area contributed by atoms with Gasteiger partial charge >= 0.3 is 5.97 Å². The van der Waals surface area contributed by atoms with Crippen LogP contribution in [0.3, 0.4) is 0 Å². The average Bonchev–Trinajstić information content (AvgIpc) is 2.58. The fraction of sp³-hybridized carbons (Fsp3) is 0.708. The Labute approximate surface area is 191 Å². The van der Waals surface area contributed by atoms with E-state index >= 15 is 0 Å². The summed E-state index contributed by atoms with van der Waals surface area (Å²) in [6, 6.07) is 5.95. The van der Waals surface area contributed by atoms with Crippen molar-refractivity contribution in [1.82, 2.24) is 4.72 Å². The van der Waals surface area contributed by atoms with E-state index in [1.54, 1.807) is 0 Å². The summed E-state index contributed by atoms with van der Waals surface area (Å²) in [6.07, 6.45) is 1.91. The average molecular weight is 458 g/mol. The minimum Gasteiger partial charge on any atom is -0.469 e.